The number of carbonyl (C=O) groups excluding carboxylic acids is 1. The maximum atomic E-state index is 13.0. The molecule has 1 saturated heterocycles. The van der Waals surface area contributed by atoms with E-state index in [9.17, 15) is 4.79 Å². The molecule has 0 saturated carbocycles. The number of hydrogen-bond donors (Lipinski definition) is 0. The monoisotopic (exact) mass is 304 g/mol. The third kappa shape index (κ3) is 4.55. The first kappa shape index (κ1) is 17.0. The van der Waals surface area contributed by atoms with Gasteiger partial charge >= 0.3 is 0 Å². The normalized spacial score (nSPS) is 16.8. The topological polar surface area (TPSA) is 32.8 Å². The Labute approximate surface area is 134 Å². The highest BCUT2D eigenvalue weighted by molar-refractivity contribution is 5.83. The SMILES string of the molecule is COCCCN(C)C(C(=O)N1CCCCC1)c1ccccc1. The molecule has 1 aliphatic heterocycles. The Morgan fingerprint density at radius 3 is 2.55 bits per heavy atom. The van der Waals surface area contributed by atoms with Gasteiger partial charge in [0.05, 0.1) is 0 Å². The first-order valence-corrected chi connectivity index (χ1v) is 8.27. The predicted octanol–water partition coefficient (Wildman–Crippen LogP) is 2.71. The van der Waals surface area contributed by atoms with Crippen LogP contribution in [0.1, 0.15) is 37.3 Å². The maximum Gasteiger partial charge on any atom is 0.244 e. The summed E-state index contributed by atoms with van der Waals surface area (Å²) >= 11 is 0. The van der Waals surface area contributed by atoms with E-state index in [4.69, 9.17) is 4.74 Å². The van der Waals surface area contributed by atoms with E-state index in [1.165, 1.54) is 6.42 Å². The van der Waals surface area contributed by atoms with E-state index in [1.807, 2.05) is 30.1 Å². The van der Waals surface area contributed by atoms with Crippen LogP contribution < -0.4 is 0 Å². The summed E-state index contributed by atoms with van der Waals surface area (Å²) in [5.41, 5.74) is 1.08. The maximum absolute atomic E-state index is 13.0. The number of amides is 1. The zero-order valence-electron chi connectivity index (χ0n) is 13.8. The Morgan fingerprint density at radius 2 is 1.91 bits per heavy atom. The summed E-state index contributed by atoms with van der Waals surface area (Å²) in [6.07, 6.45) is 4.42. The van der Waals surface area contributed by atoms with Crippen LogP contribution in [0.4, 0.5) is 0 Å². The second-order valence-corrected chi connectivity index (χ2v) is 6.03. The van der Waals surface area contributed by atoms with Gasteiger partial charge in [0.2, 0.25) is 5.91 Å². The lowest BCUT2D eigenvalue weighted by Crippen LogP contribution is -2.44. The molecule has 4 heteroatoms. The molecule has 122 valence electrons. The average molecular weight is 304 g/mol. The fourth-order valence-electron chi connectivity index (χ4n) is 3.10. The molecule has 1 heterocycles. The molecule has 22 heavy (non-hydrogen) atoms. The highest BCUT2D eigenvalue weighted by Crippen LogP contribution is 2.24. The minimum atomic E-state index is -0.184. The Kier molecular flexibility index (Phi) is 6.87. The first-order chi connectivity index (χ1) is 10.7. The summed E-state index contributed by atoms with van der Waals surface area (Å²) in [6.45, 7) is 3.37. The van der Waals surface area contributed by atoms with Crippen LogP contribution in [-0.4, -0.2) is 56.1 Å². The Bertz CT molecular complexity index is 444. The number of hydrogen-bond acceptors (Lipinski definition) is 3. The number of likely N-dealkylation sites (tertiary alicyclic amines) is 1. The van der Waals surface area contributed by atoms with Crippen molar-refractivity contribution in [2.75, 3.05) is 40.4 Å². The second kappa shape index (κ2) is 8.91. The molecule has 1 aromatic carbocycles. The van der Waals surface area contributed by atoms with Gasteiger partial charge in [0.1, 0.15) is 6.04 Å². The molecule has 0 aliphatic carbocycles. The summed E-state index contributed by atoms with van der Waals surface area (Å²) in [5.74, 6) is 0.241. The largest absolute Gasteiger partial charge is 0.385 e. The number of rotatable bonds is 7. The third-order valence-electron chi connectivity index (χ3n) is 4.32. The summed E-state index contributed by atoms with van der Waals surface area (Å²) < 4.78 is 5.13. The molecule has 0 aromatic heterocycles. The van der Waals surface area contributed by atoms with E-state index >= 15 is 0 Å². The number of methoxy groups -OCH3 is 1. The van der Waals surface area contributed by atoms with Gasteiger partial charge in [0.15, 0.2) is 0 Å². The number of benzene rings is 1. The average Bonchev–Trinajstić information content (AvgIpc) is 2.57. The molecule has 1 fully saturated rings. The van der Waals surface area contributed by atoms with Crippen molar-refractivity contribution in [1.29, 1.82) is 0 Å². The first-order valence-electron chi connectivity index (χ1n) is 8.27. The lowest BCUT2D eigenvalue weighted by Gasteiger charge is -2.34. The van der Waals surface area contributed by atoms with Crippen LogP contribution >= 0.6 is 0 Å². The van der Waals surface area contributed by atoms with Crippen LogP contribution in [0.25, 0.3) is 0 Å². The molecule has 0 N–H and O–H groups in total. The molecule has 1 atom stereocenters. The molecule has 0 spiro atoms. The van der Waals surface area contributed by atoms with E-state index < -0.39 is 0 Å². The van der Waals surface area contributed by atoms with Crippen LogP contribution in [0.5, 0.6) is 0 Å². The lowest BCUT2D eigenvalue weighted by molar-refractivity contribution is -0.137. The lowest BCUT2D eigenvalue weighted by atomic mass is 10.0. The van der Waals surface area contributed by atoms with E-state index in [1.54, 1.807) is 7.11 Å². The molecule has 4 nitrogen and oxygen atoms in total. The quantitative estimate of drug-likeness (QED) is 0.726. The molecular formula is C18H28N2O2. The number of ether oxygens (including phenoxy) is 1. The van der Waals surface area contributed by atoms with Crippen molar-refractivity contribution >= 4 is 5.91 Å². The molecule has 1 aromatic rings. The van der Waals surface area contributed by atoms with Crippen LogP contribution in [0, 0.1) is 0 Å². The fraction of sp³-hybridized carbons (Fsp3) is 0.611. The van der Waals surface area contributed by atoms with Crippen LogP contribution in [0.2, 0.25) is 0 Å². The van der Waals surface area contributed by atoms with Crippen LogP contribution in [-0.2, 0) is 9.53 Å². The van der Waals surface area contributed by atoms with Crippen molar-refractivity contribution < 1.29 is 9.53 Å². The van der Waals surface area contributed by atoms with Crippen molar-refractivity contribution in [3.8, 4) is 0 Å². The van der Waals surface area contributed by atoms with Gasteiger partial charge in [0, 0.05) is 33.4 Å². The van der Waals surface area contributed by atoms with Crippen molar-refractivity contribution in [2.45, 2.75) is 31.7 Å². The van der Waals surface area contributed by atoms with E-state index in [-0.39, 0.29) is 11.9 Å². The fourth-order valence-corrected chi connectivity index (χ4v) is 3.10. The van der Waals surface area contributed by atoms with Gasteiger partial charge in [-0.05, 0) is 38.3 Å². The Hall–Kier alpha value is -1.39. The van der Waals surface area contributed by atoms with Gasteiger partial charge in [0.25, 0.3) is 0 Å². The molecular weight excluding hydrogens is 276 g/mol. The summed E-state index contributed by atoms with van der Waals surface area (Å²) in [5, 5.41) is 0. The molecule has 1 aliphatic rings. The van der Waals surface area contributed by atoms with Crippen LogP contribution in [0.3, 0.4) is 0 Å². The predicted molar refractivity (Wildman–Crippen MR) is 88.7 cm³/mol. The van der Waals surface area contributed by atoms with E-state index in [0.29, 0.717) is 0 Å². The highest BCUT2D eigenvalue weighted by Gasteiger charge is 2.29. The van der Waals surface area contributed by atoms with Gasteiger partial charge in [-0.2, -0.15) is 0 Å². The van der Waals surface area contributed by atoms with Gasteiger partial charge in [-0.25, -0.2) is 0 Å². The number of carbonyl (C=O) groups is 1. The van der Waals surface area contributed by atoms with Crippen molar-refractivity contribution in [2.24, 2.45) is 0 Å². The highest BCUT2D eigenvalue weighted by atomic mass is 16.5. The van der Waals surface area contributed by atoms with E-state index in [2.05, 4.69) is 17.0 Å². The zero-order chi connectivity index (χ0) is 15.8. The zero-order valence-corrected chi connectivity index (χ0v) is 13.8. The molecule has 1 amide bonds. The number of piperidine rings is 1. The van der Waals surface area contributed by atoms with Crippen molar-refractivity contribution in [3.05, 3.63) is 35.9 Å². The van der Waals surface area contributed by atoms with Crippen molar-refractivity contribution in [3.63, 3.8) is 0 Å². The third-order valence-corrected chi connectivity index (χ3v) is 4.32. The van der Waals surface area contributed by atoms with Gasteiger partial charge < -0.3 is 9.64 Å². The standard InChI is InChI=1S/C18H28N2O2/c1-19(12-9-15-22-2)17(16-10-5-3-6-11-16)18(21)20-13-7-4-8-14-20/h3,5-6,10-11,17H,4,7-9,12-15H2,1-2H3. The second-order valence-electron chi connectivity index (χ2n) is 6.03. The Balaban J connectivity index is 2.11. The van der Waals surface area contributed by atoms with Crippen molar-refractivity contribution in [1.82, 2.24) is 9.80 Å². The molecule has 2 rings (SSSR count). The van der Waals surface area contributed by atoms with Gasteiger partial charge in [-0.1, -0.05) is 30.3 Å². The number of likely N-dealkylation sites (N-methyl/N-ethyl adjacent to an activating group) is 1. The molecule has 1 unspecified atom stereocenters. The minimum Gasteiger partial charge on any atom is -0.385 e. The minimum absolute atomic E-state index is 0.184. The molecule has 0 bridgehead atoms. The summed E-state index contributed by atoms with van der Waals surface area (Å²) in [4.78, 5) is 17.2. The number of nitrogens with zero attached hydrogens (tertiary/aromatic N) is 2. The summed E-state index contributed by atoms with van der Waals surface area (Å²) in [6, 6.07) is 9.94. The molecule has 0 radical (unpaired) electrons. The van der Waals surface area contributed by atoms with Crippen LogP contribution in [0.15, 0.2) is 30.3 Å². The van der Waals surface area contributed by atoms with Gasteiger partial charge in [-0.3, -0.25) is 9.69 Å². The Morgan fingerprint density at radius 1 is 1.23 bits per heavy atom. The van der Waals surface area contributed by atoms with Gasteiger partial charge in [-0.15, -0.1) is 0 Å². The van der Waals surface area contributed by atoms with E-state index in [0.717, 1.165) is 51.1 Å². The smallest absolute Gasteiger partial charge is 0.244 e. The summed E-state index contributed by atoms with van der Waals surface area (Å²) in [7, 11) is 3.75.